The molecule has 0 bridgehead atoms. The minimum Gasteiger partial charge on any atom is -0.394 e. The normalized spacial score (nSPS) is 11.8. The van der Waals surface area contributed by atoms with E-state index in [1.807, 2.05) is 37.3 Å². The fourth-order valence-electron chi connectivity index (χ4n) is 2.32. The number of halogens is 2. The number of anilines is 3. The van der Waals surface area contributed by atoms with Gasteiger partial charge in [0.15, 0.2) is 0 Å². The Morgan fingerprint density at radius 1 is 1.12 bits per heavy atom. The summed E-state index contributed by atoms with van der Waals surface area (Å²) < 4.78 is 14.2. The van der Waals surface area contributed by atoms with E-state index in [9.17, 15) is 9.50 Å². The highest BCUT2D eigenvalue weighted by atomic mass is 79.9. The first-order valence-corrected chi connectivity index (χ1v) is 8.88. The third-order valence-corrected chi connectivity index (χ3v) is 4.28. The number of nitrogens with zero attached hydrogens (tertiary/aromatic N) is 2. The maximum absolute atomic E-state index is 13.8. The van der Waals surface area contributed by atoms with Crippen LogP contribution in [0.3, 0.4) is 0 Å². The zero-order valence-electron chi connectivity index (χ0n) is 14.1. The number of hydrogen-bond acceptors (Lipinski definition) is 5. The average Bonchev–Trinajstić information content (AvgIpc) is 2.65. The molecule has 1 heterocycles. The number of aliphatic hydroxyl groups excluding tert-OH is 1. The van der Waals surface area contributed by atoms with Crippen molar-refractivity contribution in [2.75, 3.05) is 17.2 Å². The van der Waals surface area contributed by atoms with E-state index in [4.69, 9.17) is 0 Å². The van der Waals surface area contributed by atoms with E-state index < -0.39 is 0 Å². The molecule has 7 heteroatoms. The first-order valence-electron chi connectivity index (χ1n) is 8.09. The zero-order chi connectivity index (χ0) is 18.5. The second kappa shape index (κ2) is 8.25. The van der Waals surface area contributed by atoms with Crippen LogP contribution in [0.5, 0.6) is 0 Å². The molecule has 5 nitrogen and oxygen atoms in total. The van der Waals surface area contributed by atoms with Gasteiger partial charge in [0.25, 0.3) is 0 Å². The molecule has 2 aromatic carbocycles. The monoisotopic (exact) mass is 416 g/mol. The predicted molar refractivity (Wildman–Crippen MR) is 105 cm³/mol. The van der Waals surface area contributed by atoms with Crippen molar-refractivity contribution in [2.24, 2.45) is 0 Å². The number of nitrogens with one attached hydrogen (secondary N) is 2. The molecule has 0 radical (unpaired) electrons. The molecule has 0 fully saturated rings. The van der Waals surface area contributed by atoms with E-state index in [0.717, 1.165) is 5.56 Å². The Kier molecular flexibility index (Phi) is 5.80. The van der Waals surface area contributed by atoms with Gasteiger partial charge in [0.05, 0.1) is 16.8 Å². The van der Waals surface area contributed by atoms with Crippen LogP contribution in [-0.4, -0.2) is 27.7 Å². The lowest BCUT2D eigenvalue weighted by Crippen LogP contribution is -2.21. The Labute approximate surface area is 159 Å². The Bertz CT molecular complexity index is 892. The van der Waals surface area contributed by atoms with E-state index >= 15 is 0 Å². The van der Waals surface area contributed by atoms with Crippen molar-refractivity contribution in [3.8, 4) is 11.3 Å². The zero-order valence-corrected chi connectivity index (χ0v) is 15.7. The first kappa shape index (κ1) is 18.3. The summed E-state index contributed by atoms with van der Waals surface area (Å²) in [4.78, 5) is 8.93. The summed E-state index contributed by atoms with van der Waals surface area (Å²) in [5.74, 6) is 0.542. The summed E-state index contributed by atoms with van der Waals surface area (Å²) in [7, 11) is 0. The highest BCUT2D eigenvalue weighted by molar-refractivity contribution is 9.10. The van der Waals surface area contributed by atoms with Crippen LogP contribution in [0.15, 0.2) is 59.1 Å². The van der Waals surface area contributed by atoms with Gasteiger partial charge in [-0.3, -0.25) is 0 Å². The van der Waals surface area contributed by atoms with Crippen molar-refractivity contribution in [3.05, 3.63) is 64.9 Å². The topological polar surface area (TPSA) is 70.1 Å². The molecule has 0 unspecified atom stereocenters. The molecule has 0 aliphatic carbocycles. The molecule has 1 aromatic heterocycles. The Morgan fingerprint density at radius 3 is 2.58 bits per heavy atom. The number of aliphatic hydroxyl groups is 1. The third-order valence-electron chi connectivity index (χ3n) is 3.64. The maximum atomic E-state index is 13.8. The molecular formula is C19H18BrFN4O. The highest BCUT2D eigenvalue weighted by Crippen LogP contribution is 2.25. The molecule has 3 N–H and O–H groups in total. The van der Waals surface area contributed by atoms with Gasteiger partial charge >= 0.3 is 0 Å². The lowest BCUT2D eigenvalue weighted by Gasteiger charge is -2.14. The smallest absolute Gasteiger partial charge is 0.225 e. The average molecular weight is 417 g/mol. The van der Waals surface area contributed by atoms with Crippen molar-refractivity contribution in [3.63, 3.8) is 0 Å². The predicted octanol–water partition coefficient (Wildman–Crippen LogP) is 4.58. The van der Waals surface area contributed by atoms with Gasteiger partial charge in [0, 0.05) is 23.4 Å². The second-order valence-corrected chi connectivity index (χ2v) is 6.66. The summed E-state index contributed by atoms with van der Waals surface area (Å²) in [5.41, 5.74) is 2.22. The van der Waals surface area contributed by atoms with E-state index in [2.05, 4.69) is 36.5 Å². The van der Waals surface area contributed by atoms with Gasteiger partial charge in [-0.2, -0.15) is 4.98 Å². The van der Waals surface area contributed by atoms with Crippen LogP contribution in [0, 0.1) is 5.82 Å². The molecule has 3 rings (SSSR count). The Morgan fingerprint density at radius 2 is 1.88 bits per heavy atom. The molecule has 0 aliphatic heterocycles. The van der Waals surface area contributed by atoms with Crippen molar-refractivity contribution < 1.29 is 9.50 Å². The molecule has 26 heavy (non-hydrogen) atoms. The maximum Gasteiger partial charge on any atom is 0.225 e. The van der Waals surface area contributed by atoms with Gasteiger partial charge in [-0.25, -0.2) is 9.37 Å². The van der Waals surface area contributed by atoms with Crippen LogP contribution in [0.2, 0.25) is 0 Å². The van der Waals surface area contributed by atoms with Crippen LogP contribution >= 0.6 is 15.9 Å². The van der Waals surface area contributed by atoms with Gasteiger partial charge in [-0.05, 0) is 41.1 Å². The molecule has 0 saturated carbocycles. The standard InChI is InChI=1S/C19H18BrFN4O/c1-12(11-26)22-19-24-17(13-5-3-2-4-6-13)10-18(25-19)23-14-7-8-15(20)16(21)9-14/h2-10,12,26H,11H2,1H3,(H2,22,23,24,25)/t12-/m1/s1. The van der Waals surface area contributed by atoms with Gasteiger partial charge in [-0.15, -0.1) is 0 Å². The van der Waals surface area contributed by atoms with Gasteiger partial charge in [0.1, 0.15) is 11.6 Å². The van der Waals surface area contributed by atoms with Crippen LogP contribution in [0.25, 0.3) is 11.3 Å². The van der Waals surface area contributed by atoms with Crippen LogP contribution < -0.4 is 10.6 Å². The molecule has 0 aliphatic rings. The van der Waals surface area contributed by atoms with Crippen molar-refractivity contribution in [1.82, 2.24) is 9.97 Å². The second-order valence-electron chi connectivity index (χ2n) is 5.81. The summed E-state index contributed by atoms with van der Waals surface area (Å²) in [6, 6.07) is 16.1. The van der Waals surface area contributed by atoms with Gasteiger partial charge in [-0.1, -0.05) is 30.3 Å². The number of benzene rings is 2. The minimum absolute atomic E-state index is 0.0421. The molecule has 0 spiro atoms. The van der Waals surface area contributed by atoms with E-state index in [-0.39, 0.29) is 18.5 Å². The molecule has 0 saturated heterocycles. The Hall–Kier alpha value is -2.51. The number of hydrogen-bond donors (Lipinski definition) is 3. The quantitative estimate of drug-likeness (QED) is 0.548. The van der Waals surface area contributed by atoms with Crippen LogP contribution in [0.4, 0.5) is 21.8 Å². The first-order chi connectivity index (χ1) is 12.5. The molecule has 3 aromatic rings. The van der Waals surface area contributed by atoms with E-state index in [1.54, 1.807) is 18.2 Å². The van der Waals surface area contributed by atoms with Crippen molar-refractivity contribution in [1.29, 1.82) is 0 Å². The summed E-state index contributed by atoms with van der Waals surface area (Å²) in [5, 5.41) is 15.4. The van der Waals surface area contributed by atoms with Crippen LogP contribution in [-0.2, 0) is 0 Å². The van der Waals surface area contributed by atoms with E-state index in [0.29, 0.717) is 27.6 Å². The van der Waals surface area contributed by atoms with Crippen LogP contribution in [0.1, 0.15) is 6.92 Å². The van der Waals surface area contributed by atoms with E-state index in [1.165, 1.54) is 6.07 Å². The summed E-state index contributed by atoms with van der Waals surface area (Å²) >= 11 is 3.14. The minimum atomic E-state index is -0.361. The highest BCUT2D eigenvalue weighted by Gasteiger charge is 2.10. The number of aromatic nitrogens is 2. The SMILES string of the molecule is C[C@H](CO)Nc1nc(Nc2ccc(Br)c(F)c2)cc(-c2ccccc2)n1. The molecule has 134 valence electrons. The number of rotatable bonds is 6. The summed E-state index contributed by atoms with van der Waals surface area (Å²) in [6.45, 7) is 1.79. The fourth-order valence-corrected chi connectivity index (χ4v) is 2.57. The van der Waals surface area contributed by atoms with Gasteiger partial charge in [0.2, 0.25) is 5.95 Å². The van der Waals surface area contributed by atoms with Crippen molar-refractivity contribution >= 4 is 33.4 Å². The molecular weight excluding hydrogens is 399 g/mol. The summed E-state index contributed by atoms with van der Waals surface area (Å²) in [6.07, 6.45) is 0. The Balaban J connectivity index is 1.97. The molecule has 0 amide bonds. The van der Waals surface area contributed by atoms with Gasteiger partial charge < -0.3 is 15.7 Å². The van der Waals surface area contributed by atoms with Crippen molar-refractivity contribution in [2.45, 2.75) is 13.0 Å². The largest absolute Gasteiger partial charge is 0.394 e. The lowest BCUT2D eigenvalue weighted by atomic mass is 10.1. The third kappa shape index (κ3) is 4.56. The lowest BCUT2D eigenvalue weighted by molar-refractivity contribution is 0.281. The fraction of sp³-hybridized carbons (Fsp3) is 0.158. The molecule has 1 atom stereocenters.